The van der Waals surface area contributed by atoms with Gasteiger partial charge in [0.25, 0.3) is 0 Å². The van der Waals surface area contributed by atoms with Crippen LogP contribution in [0.2, 0.25) is 0 Å². The van der Waals surface area contributed by atoms with E-state index in [0.717, 1.165) is 17.0 Å². The fourth-order valence-electron chi connectivity index (χ4n) is 2.10. The van der Waals surface area contributed by atoms with Gasteiger partial charge in [-0.3, -0.25) is 9.20 Å². The number of hydrogen-bond donors (Lipinski definition) is 2. The molecule has 3 aromatic heterocycles. The van der Waals surface area contributed by atoms with Crippen LogP contribution in [0.3, 0.4) is 0 Å². The van der Waals surface area contributed by atoms with Crippen molar-refractivity contribution in [2.45, 2.75) is 12.8 Å². The number of carbonyl (C=O) groups is 1. The molecule has 6 nitrogen and oxygen atoms in total. The van der Waals surface area contributed by atoms with Gasteiger partial charge in [0.1, 0.15) is 0 Å². The lowest BCUT2D eigenvalue weighted by molar-refractivity contribution is -0.136. The zero-order chi connectivity index (χ0) is 13.2. The average Bonchev–Trinajstić information content (AvgIpc) is 3.03. The summed E-state index contributed by atoms with van der Waals surface area (Å²) >= 11 is 0. The van der Waals surface area contributed by atoms with Crippen LogP contribution >= 0.6 is 0 Å². The number of imidazole rings is 1. The van der Waals surface area contributed by atoms with E-state index in [1.165, 1.54) is 0 Å². The van der Waals surface area contributed by atoms with Crippen molar-refractivity contribution in [1.82, 2.24) is 19.4 Å². The highest BCUT2D eigenvalue weighted by molar-refractivity contribution is 5.69. The second-order valence-electron chi connectivity index (χ2n) is 4.19. The first kappa shape index (κ1) is 11.5. The van der Waals surface area contributed by atoms with E-state index in [-0.39, 0.29) is 6.42 Å². The number of aromatic nitrogens is 4. The molecule has 0 aliphatic heterocycles. The minimum atomic E-state index is -0.821. The van der Waals surface area contributed by atoms with E-state index in [9.17, 15) is 4.79 Å². The molecule has 2 N–H and O–H groups in total. The zero-order valence-corrected chi connectivity index (χ0v) is 10.1. The smallest absolute Gasteiger partial charge is 0.303 e. The summed E-state index contributed by atoms with van der Waals surface area (Å²) in [4.78, 5) is 22.4. The van der Waals surface area contributed by atoms with Crippen molar-refractivity contribution in [3.8, 4) is 11.3 Å². The molecule has 0 spiro atoms. The van der Waals surface area contributed by atoms with Crippen LogP contribution in [-0.2, 0) is 11.2 Å². The van der Waals surface area contributed by atoms with Crippen molar-refractivity contribution in [1.29, 1.82) is 0 Å². The number of carboxylic acids is 1. The summed E-state index contributed by atoms with van der Waals surface area (Å²) in [6, 6.07) is 3.71. The molecule has 0 unspecified atom stereocenters. The Labute approximate surface area is 108 Å². The third kappa shape index (κ3) is 2.08. The van der Waals surface area contributed by atoms with E-state index in [0.29, 0.717) is 12.2 Å². The summed E-state index contributed by atoms with van der Waals surface area (Å²) < 4.78 is 1.84. The molecule has 3 aromatic rings. The largest absolute Gasteiger partial charge is 0.481 e. The molecule has 0 aliphatic carbocycles. The highest BCUT2D eigenvalue weighted by atomic mass is 16.4. The summed E-state index contributed by atoms with van der Waals surface area (Å²) in [5.74, 6) is -0.238. The van der Waals surface area contributed by atoms with Gasteiger partial charge in [-0.05, 0) is 12.1 Å². The lowest BCUT2D eigenvalue weighted by Crippen LogP contribution is -2.01. The van der Waals surface area contributed by atoms with Gasteiger partial charge in [0.05, 0.1) is 17.8 Å². The number of aliphatic carboxylic acids is 1. The quantitative estimate of drug-likeness (QED) is 0.744. The first-order valence-electron chi connectivity index (χ1n) is 5.92. The molecule has 6 heteroatoms. The molecule has 0 radical (unpaired) electrons. The number of aromatic amines is 1. The van der Waals surface area contributed by atoms with Crippen LogP contribution in [-0.4, -0.2) is 30.4 Å². The highest BCUT2D eigenvalue weighted by Crippen LogP contribution is 2.24. The number of nitrogens with zero attached hydrogens (tertiary/aromatic N) is 3. The van der Waals surface area contributed by atoms with Gasteiger partial charge < -0.3 is 10.1 Å². The molecule has 96 valence electrons. The molecular weight excluding hydrogens is 244 g/mol. The normalized spacial score (nSPS) is 10.9. The molecule has 0 aromatic carbocycles. The first-order valence-corrected chi connectivity index (χ1v) is 5.92. The van der Waals surface area contributed by atoms with Gasteiger partial charge in [-0.2, -0.15) is 0 Å². The zero-order valence-electron chi connectivity index (χ0n) is 10.1. The summed E-state index contributed by atoms with van der Waals surface area (Å²) in [7, 11) is 0. The predicted octanol–water partition coefficient (Wildman–Crippen LogP) is 1.74. The standard InChI is InChI=1S/C13H12N4O2/c18-11(19)3-2-10-12(9-4-6-14-8-9)16-13-15-5-1-7-17(10)13/h1,4-8,14H,2-3H2,(H,18,19). The number of nitrogens with one attached hydrogen (secondary N) is 1. The Morgan fingerprint density at radius 1 is 1.47 bits per heavy atom. The third-order valence-corrected chi connectivity index (χ3v) is 2.95. The lowest BCUT2D eigenvalue weighted by Gasteiger charge is -2.01. The molecule has 0 saturated carbocycles. The Morgan fingerprint density at radius 2 is 2.37 bits per heavy atom. The fraction of sp³-hybridized carbons (Fsp3) is 0.154. The van der Waals surface area contributed by atoms with Gasteiger partial charge in [-0.15, -0.1) is 0 Å². The van der Waals surface area contributed by atoms with Gasteiger partial charge in [0.15, 0.2) is 0 Å². The van der Waals surface area contributed by atoms with Crippen LogP contribution in [0.25, 0.3) is 17.0 Å². The summed E-state index contributed by atoms with van der Waals surface area (Å²) in [6.07, 6.45) is 7.66. The maximum atomic E-state index is 10.8. The number of H-pyrrole nitrogens is 1. The molecule has 3 heterocycles. The highest BCUT2D eigenvalue weighted by Gasteiger charge is 2.15. The molecule has 0 amide bonds. The summed E-state index contributed by atoms with van der Waals surface area (Å²) in [6.45, 7) is 0. The summed E-state index contributed by atoms with van der Waals surface area (Å²) in [5, 5.41) is 8.85. The summed E-state index contributed by atoms with van der Waals surface area (Å²) in [5.41, 5.74) is 2.58. The minimum Gasteiger partial charge on any atom is -0.481 e. The van der Waals surface area contributed by atoms with E-state index >= 15 is 0 Å². The monoisotopic (exact) mass is 256 g/mol. The van der Waals surface area contributed by atoms with Crippen LogP contribution < -0.4 is 0 Å². The maximum absolute atomic E-state index is 10.8. The average molecular weight is 256 g/mol. The Kier molecular flexibility index (Phi) is 2.75. The first-order chi connectivity index (χ1) is 9.25. The molecule has 19 heavy (non-hydrogen) atoms. The Hall–Kier alpha value is -2.63. The Balaban J connectivity index is 2.14. The molecule has 0 atom stereocenters. The van der Waals surface area contributed by atoms with Crippen molar-refractivity contribution in [2.24, 2.45) is 0 Å². The number of rotatable bonds is 4. The van der Waals surface area contributed by atoms with E-state index in [4.69, 9.17) is 5.11 Å². The van der Waals surface area contributed by atoms with Gasteiger partial charge >= 0.3 is 5.97 Å². The molecule has 0 saturated heterocycles. The topological polar surface area (TPSA) is 83.3 Å². The van der Waals surface area contributed by atoms with Crippen LogP contribution in [0.4, 0.5) is 0 Å². The van der Waals surface area contributed by atoms with Gasteiger partial charge in [-0.1, -0.05) is 0 Å². The minimum absolute atomic E-state index is 0.0696. The number of aryl methyl sites for hydroxylation is 1. The van der Waals surface area contributed by atoms with Gasteiger partial charge in [-0.25, -0.2) is 9.97 Å². The second-order valence-corrected chi connectivity index (χ2v) is 4.19. The van der Waals surface area contributed by atoms with E-state index in [1.54, 1.807) is 12.3 Å². The van der Waals surface area contributed by atoms with Gasteiger partial charge in [0.2, 0.25) is 5.78 Å². The van der Waals surface area contributed by atoms with Crippen molar-refractivity contribution < 1.29 is 9.90 Å². The van der Waals surface area contributed by atoms with Crippen LogP contribution in [0, 0.1) is 0 Å². The van der Waals surface area contributed by atoms with Crippen LogP contribution in [0.15, 0.2) is 36.9 Å². The predicted molar refractivity (Wildman–Crippen MR) is 68.7 cm³/mol. The van der Waals surface area contributed by atoms with Crippen molar-refractivity contribution in [2.75, 3.05) is 0 Å². The van der Waals surface area contributed by atoms with Crippen molar-refractivity contribution >= 4 is 11.7 Å². The number of hydrogen-bond acceptors (Lipinski definition) is 3. The van der Waals surface area contributed by atoms with E-state index < -0.39 is 5.97 Å². The molecule has 0 aliphatic rings. The lowest BCUT2D eigenvalue weighted by atomic mass is 10.1. The number of fused-ring (bicyclic) bond motifs is 1. The van der Waals surface area contributed by atoms with Crippen LogP contribution in [0.1, 0.15) is 12.1 Å². The SMILES string of the molecule is O=C(O)CCc1c(-c2cc[nH]c2)nc2ncccn12. The Bertz CT molecular complexity index is 715. The molecule has 0 fully saturated rings. The van der Waals surface area contributed by atoms with Gasteiger partial charge in [0, 0.05) is 36.8 Å². The van der Waals surface area contributed by atoms with Crippen molar-refractivity contribution in [3.05, 3.63) is 42.6 Å². The fourth-order valence-corrected chi connectivity index (χ4v) is 2.10. The third-order valence-electron chi connectivity index (χ3n) is 2.95. The van der Waals surface area contributed by atoms with Crippen LogP contribution in [0.5, 0.6) is 0 Å². The molecule has 0 bridgehead atoms. The van der Waals surface area contributed by atoms with E-state index in [1.807, 2.05) is 29.1 Å². The second kappa shape index (κ2) is 4.56. The maximum Gasteiger partial charge on any atom is 0.303 e. The molecule has 3 rings (SSSR count). The number of carboxylic acid groups (broad SMARTS) is 1. The van der Waals surface area contributed by atoms with E-state index in [2.05, 4.69) is 15.0 Å². The Morgan fingerprint density at radius 3 is 3.11 bits per heavy atom. The molecular formula is C13H12N4O2. The van der Waals surface area contributed by atoms with Crippen molar-refractivity contribution in [3.63, 3.8) is 0 Å².